The van der Waals surface area contributed by atoms with Gasteiger partial charge < -0.3 is 4.74 Å². The summed E-state index contributed by atoms with van der Waals surface area (Å²) < 4.78 is 6.90. The molecule has 0 radical (unpaired) electrons. The highest BCUT2D eigenvalue weighted by Gasteiger charge is 2.32. The molecule has 0 fully saturated rings. The van der Waals surface area contributed by atoms with E-state index in [1.54, 1.807) is 11.3 Å². The van der Waals surface area contributed by atoms with Gasteiger partial charge in [0.05, 0.1) is 11.4 Å². The van der Waals surface area contributed by atoms with Gasteiger partial charge in [-0.1, -0.05) is 35.8 Å². The summed E-state index contributed by atoms with van der Waals surface area (Å²) in [7, 11) is 0. The van der Waals surface area contributed by atoms with Gasteiger partial charge in [0, 0.05) is 20.3 Å². The topological polar surface area (TPSA) is 9.23 Å². The Hall–Kier alpha value is -0.320. The zero-order valence-corrected chi connectivity index (χ0v) is 14.7. The molecule has 100 valence electrons. The summed E-state index contributed by atoms with van der Waals surface area (Å²) in [6.07, 6.45) is 0. The normalized spacial score (nSPS) is 17.9. The number of thiophene rings is 1. The summed E-state index contributed by atoms with van der Waals surface area (Å²) in [6, 6.07) is 8.60. The van der Waals surface area contributed by atoms with Crippen LogP contribution in [-0.2, 0) is 5.41 Å². The molecule has 2 aromatic rings. The first kappa shape index (κ1) is 13.7. The number of alkyl halides is 1. The second-order valence-corrected chi connectivity index (χ2v) is 8.14. The van der Waals surface area contributed by atoms with Crippen LogP contribution in [0.1, 0.15) is 34.7 Å². The van der Waals surface area contributed by atoms with Crippen molar-refractivity contribution in [3.05, 3.63) is 50.1 Å². The van der Waals surface area contributed by atoms with Crippen LogP contribution in [0.2, 0.25) is 0 Å². The monoisotopic (exact) mass is 400 g/mol. The lowest BCUT2D eigenvalue weighted by Gasteiger charge is -2.17. The second kappa shape index (κ2) is 4.90. The maximum absolute atomic E-state index is 5.74. The van der Waals surface area contributed by atoms with Crippen molar-refractivity contribution >= 4 is 43.2 Å². The lowest BCUT2D eigenvalue weighted by Crippen LogP contribution is -2.18. The maximum Gasteiger partial charge on any atom is 0.123 e. The SMILES string of the molecule is CC1(C)COc2ccc(C(Br)c3sccc3Br)cc21. The van der Waals surface area contributed by atoms with Crippen molar-refractivity contribution in [3.8, 4) is 5.75 Å². The van der Waals surface area contributed by atoms with Crippen molar-refractivity contribution in [1.82, 2.24) is 0 Å². The van der Waals surface area contributed by atoms with Crippen LogP contribution in [0.3, 0.4) is 0 Å². The molecule has 0 aliphatic carbocycles. The molecule has 0 saturated heterocycles. The van der Waals surface area contributed by atoms with E-state index in [0.717, 1.165) is 16.8 Å². The molecule has 1 aliphatic rings. The molecule has 1 aliphatic heterocycles. The van der Waals surface area contributed by atoms with E-state index in [4.69, 9.17) is 4.74 Å². The summed E-state index contributed by atoms with van der Waals surface area (Å²) in [4.78, 5) is 1.53. The highest BCUT2D eigenvalue weighted by molar-refractivity contribution is 9.11. The number of fused-ring (bicyclic) bond motifs is 1. The fourth-order valence-corrected chi connectivity index (χ4v) is 5.10. The third kappa shape index (κ3) is 2.39. The predicted molar refractivity (Wildman–Crippen MR) is 87.8 cm³/mol. The minimum atomic E-state index is 0.102. The Morgan fingerprint density at radius 2 is 2.11 bits per heavy atom. The van der Waals surface area contributed by atoms with Gasteiger partial charge in [0.25, 0.3) is 0 Å². The van der Waals surface area contributed by atoms with Crippen molar-refractivity contribution in [1.29, 1.82) is 0 Å². The number of rotatable bonds is 2. The van der Waals surface area contributed by atoms with Crippen LogP contribution in [0.4, 0.5) is 0 Å². The summed E-state index contributed by atoms with van der Waals surface area (Å²) in [5, 5.41) is 2.11. The zero-order chi connectivity index (χ0) is 13.6. The Kier molecular flexibility index (Phi) is 3.52. The molecule has 0 amide bonds. The second-order valence-electron chi connectivity index (χ2n) is 5.42. The van der Waals surface area contributed by atoms with Crippen molar-refractivity contribution in [2.75, 3.05) is 6.61 Å². The first-order valence-electron chi connectivity index (χ1n) is 6.13. The number of ether oxygens (including phenoxy) is 1. The van der Waals surface area contributed by atoms with Crippen LogP contribution in [-0.4, -0.2) is 6.61 Å². The van der Waals surface area contributed by atoms with Gasteiger partial charge in [-0.25, -0.2) is 0 Å². The summed E-state index contributed by atoms with van der Waals surface area (Å²) in [5.41, 5.74) is 2.69. The van der Waals surface area contributed by atoms with Gasteiger partial charge >= 0.3 is 0 Å². The smallest absolute Gasteiger partial charge is 0.123 e. The van der Waals surface area contributed by atoms with E-state index in [-0.39, 0.29) is 10.2 Å². The van der Waals surface area contributed by atoms with Crippen molar-refractivity contribution in [3.63, 3.8) is 0 Å². The Bertz CT molecular complexity index is 618. The van der Waals surface area contributed by atoms with E-state index in [2.05, 4.69) is 75.4 Å². The molecule has 1 unspecified atom stereocenters. The van der Waals surface area contributed by atoms with Crippen LogP contribution >= 0.6 is 43.2 Å². The molecule has 1 nitrogen and oxygen atoms in total. The minimum Gasteiger partial charge on any atom is -0.492 e. The van der Waals surface area contributed by atoms with Gasteiger partial charge in [-0.15, -0.1) is 11.3 Å². The van der Waals surface area contributed by atoms with Gasteiger partial charge in [0.2, 0.25) is 0 Å². The number of hydrogen-bond acceptors (Lipinski definition) is 2. The Balaban J connectivity index is 2.02. The molecule has 4 heteroatoms. The number of benzene rings is 1. The van der Waals surface area contributed by atoms with E-state index >= 15 is 0 Å². The molecule has 19 heavy (non-hydrogen) atoms. The first-order chi connectivity index (χ1) is 8.99. The Labute approximate surface area is 134 Å². The summed E-state index contributed by atoms with van der Waals surface area (Å²) in [5.74, 6) is 1.03. The van der Waals surface area contributed by atoms with Crippen molar-refractivity contribution < 1.29 is 4.74 Å². The molecule has 3 rings (SSSR count). The summed E-state index contributed by atoms with van der Waals surface area (Å²) >= 11 is 9.17. The Morgan fingerprint density at radius 3 is 2.79 bits per heavy atom. The third-order valence-electron chi connectivity index (χ3n) is 3.49. The maximum atomic E-state index is 5.74. The van der Waals surface area contributed by atoms with Gasteiger partial charge in [-0.3, -0.25) is 0 Å². The molecule has 2 heterocycles. The zero-order valence-electron chi connectivity index (χ0n) is 10.7. The van der Waals surface area contributed by atoms with Crippen LogP contribution in [0.5, 0.6) is 5.75 Å². The standard InChI is InChI=1S/C15H14Br2OS/c1-15(2)8-18-12-4-3-9(7-10(12)15)13(17)14-11(16)5-6-19-14/h3-7,13H,8H2,1-2H3. The van der Waals surface area contributed by atoms with Gasteiger partial charge in [0.1, 0.15) is 5.75 Å². The quantitative estimate of drug-likeness (QED) is 0.589. The number of halogens is 2. The largest absolute Gasteiger partial charge is 0.492 e. The van der Waals surface area contributed by atoms with E-state index in [1.165, 1.54) is 16.0 Å². The van der Waals surface area contributed by atoms with Crippen LogP contribution in [0.15, 0.2) is 34.1 Å². The van der Waals surface area contributed by atoms with E-state index in [1.807, 2.05) is 0 Å². The lowest BCUT2D eigenvalue weighted by atomic mass is 9.86. The average molecular weight is 402 g/mol. The van der Waals surface area contributed by atoms with Gasteiger partial charge in [0.15, 0.2) is 0 Å². The Morgan fingerprint density at radius 1 is 1.32 bits per heavy atom. The van der Waals surface area contributed by atoms with Gasteiger partial charge in [-0.05, 0) is 45.1 Å². The number of hydrogen-bond donors (Lipinski definition) is 0. The molecule has 1 aromatic heterocycles. The highest BCUT2D eigenvalue weighted by Crippen LogP contribution is 2.44. The predicted octanol–water partition coefficient (Wildman–Crippen LogP) is 5.66. The van der Waals surface area contributed by atoms with E-state index in [0.29, 0.717) is 0 Å². The molecule has 0 spiro atoms. The summed E-state index contributed by atoms with van der Waals surface area (Å²) in [6.45, 7) is 5.22. The molecular formula is C15H14Br2OS. The molecule has 0 N–H and O–H groups in total. The van der Waals surface area contributed by atoms with Crippen molar-refractivity contribution in [2.45, 2.75) is 24.1 Å². The first-order valence-corrected chi connectivity index (χ1v) is 8.72. The van der Waals surface area contributed by atoms with E-state index in [9.17, 15) is 0 Å². The average Bonchev–Trinajstić information content (AvgIpc) is 2.93. The molecular weight excluding hydrogens is 388 g/mol. The van der Waals surface area contributed by atoms with Crippen molar-refractivity contribution in [2.24, 2.45) is 0 Å². The molecule has 0 bridgehead atoms. The molecule has 0 saturated carbocycles. The molecule has 1 aromatic carbocycles. The fourth-order valence-electron chi connectivity index (χ4n) is 2.33. The van der Waals surface area contributed by atoms with E-state index < -0.39 is 0 Å². The van der Waals surface area contributed by atoms with Gasteiger partial charge in [-0.2, -0.15) is 0 Å². The minimum absolute atomic E-state index is 0.102. The third-order valence-corrected chi connectivity index (χ3v) is 6.71. The fraction of sp³-hybridized carbons (Fsp3) is 0.333. The van der Waals surface area contributed by atoms with Crippen LogP contribution in [0.25, 0.3) is 0 Å². The highest BCUT2D eigenvalue weighted by atomic mass is 79.9. The lowest BCUT2D eigenvalue weighted by molar-refractivity contribution is 0.291. The van der Waals surface area contributed by atoms with Crippen LogP contribution in [0, 0.1) is 0 Å². The molecule has 1 atom stereocenters. The van der Waals surface area contributed by atoms with Crippen LogP contribution < -0.4 is 4.74 Å².